The van der Waals surface area contributed by atoms with Gasteiger partial charge >= 0.3 is 5.97 Å². The minimum Gasteiger partial charge on any atom is -0.477 e. The minimum absolute atomic E-state index is 0.170. The first-order chi connectivity index (χ1) is 10.9. The van der Waals surface area contributed by atoms with E-state index in [-0.39, 0.29) is 10.8 Å². The number of aromatic carboxylic acids is 1. The third-order valence-corrected chi connectivity index (χ3v) is 4.65. The van der Waals surface area contributed by atoms with Crippen LogP contribution in [-0.4, -0.2) is 38.3 Å². The number of carbonyl (C=O) groups excluding carboxylic acids is 1. The molecule has 0 aromatic carbocycles. The van der Waals surface area contributed by atoms with E-state index in [2.05, 4.69) is 22.3 Å². The number of aryl methyl sites for hydroxylation is 2. The molecule has 1 amide bonds. The van der Waals surface area contributed by atoms with Crippen LogP contribution in [0.2, 0.25) is 0 Å². The van der Waals surface area contributed by atoms with E-state index in [4.69, 9.17) is 5.11 Å². The normalized spacial score (nSPS) is 10.7. The lowest BCUT2D eigenvalue weighted by atomic mass is 10.2. The molecule has 0 saturated carbocycles. The Morgan fingerprint density at radius 2 is 2.13 bits per heavy atom. The first-order valence-corrected chi connectivity index (χ1v) is 8.25. The second kappa shape index (κ2) is 7.36. The molecule has 0 saturated heterocycles. The number of amides is 1. The van der Waals surface area contributed by atoms with Gasteiger partial charge in [0.2, 0.25) is 0 Å². The van der Waals surface area contributed by atoms with Gasteiger partial charge in [0.05, 0.1) is 22.5 Å². The number of hydrogen-bond donors (Lipinski definition) is 2. The van der Waals surface area contributed by atoms with Gasteiger partial charge in [0.15, 0.2) is 0 Å². The maximum atomic E-state index is 12.2. The van der Waals surface area contributed by atoms with Crippen molar-refractivity contribution in [3.8, 4) is 0 Å². The highest BCUT2D eigenvalue weighted by Gasteiger charge is 2.15. The zero-order valence-electron chi connectivity index (χ0n) is 13.4. The van der Waals surface area contributed by atoms with E-state index in [1.165, 1.54) is 0 Å². The average molecular weight is 336 g/mol. The van der Waals surface area contributed by atoms with E-state index in [0.717, 1.165) is 30.0 Å². The molecule has 8 heteroatoms. The summed E-state index contributed by atoms with van der Waals surface area (Å²) in [6.45, 7) is 6.80. The first kappa shape index (κ1) is 17.1. The monoisotopic (exact) mass is 336 g/mol. The van der Waals surface area contributed by atoms with Crippen molar-refractivity contribution in [2.75, 3.05) is 6.54 Å². The van der Waals surface area contributed by atoms with Gasteiger partial charge in [0.1, 0.15) is 4.88 Å². The lowest BCUT2D eigenvalue weighted by Gasteiger charge is -2.05. The van der Waals surface area contributed by atoms with Gasteiger partial charge in [-0.25, -0.2) is 9.78 Å². The second-order valence-electron chi connectivity index (χ2n) is 5.20. The molecule has 23 heavy (non-hydrogen) atoms. The molecule has 0 bridgehead atoms. The Labute approximate surface area is 138 Å². The summed E-state index contributed by atoms with van der Waals surface area (Å²) in [4.78, 5) is 27.6. The van der Waals surface area contributed by atoms with Crippen LogP contribution in [0.3, 0.4) is 0 Å². The molecule has 124 valence electrons. The van der Waals surface area contributed by atoms with Crippen LogP contribution < -0.4 is 5.32 Å². The van der Waals surface area contributed by atoms with E-state index >= 15 is 0 Å². The molecule has 0 aliphatic heterocycles. The Balaban J connectivity index is 1.92. The number of carboxylic acid groups (broad SMARTS) is 1. The second-order valence-corrected chi connectivity index (χ2v) is 6.28. The maximum Gasteiger partial charge on any atom is 0.347 e. The summed E-state index contributed by atoms with van der Waals surface area (Å²) in [7, 11) is 0. The van der Waals surface area contributed by atoms with Gasteiger partial charge in [-0.2, -0.15) is 5.10 Å². The smallest absolute Gasteiger partial charge is 0.347 e. The number of nitrogens with one attached hydrogen (secondary N) is 1. The van der Waals surface area contributed by atoms with Gasteiger partial charge in [-0.05, 0) is 20.3 Å². The molecule has 0 aliphatic rings. The third-order valence-electron chi connectivity index (χ3n) is 3.44. The molecular formula is C15H20N4O3S. The Morgan fingerprint density at radius 1 is 1.39 bits per heavy atom. The van der Waals surface area contributed by atoms with Crippen LogP contribution in [0.4, 0.5) is 0 Å². The molecular weight excluding hydrogens is 316 g/mol. The Hall–Kier alpha value is -2.22. The summed E-state index contributed by atoms with van der Waals surface area (Å²) >= 11 is 1.15. The summed E-state index contributed by atoms with van der Waals surface area (Å²) in [6, 6.07) is 0. The number of carbonyl (C=O) groups is 2. The van der Waals surface area contributed by atoms with Crippen LogP contribution >= 0.6 is 11.3 Å². The zero-order chi connectivity index (χ0) is 17.0. The van der Waals surface area contributed by atoms with E-state index in [1.54, 1.807) is 13.1 Å². The van der Waals surface area contributed by atoms with Crippen LogP contribution in [0, 0.1) is 13.8 Å². The number of rotatable bonds is 7. The van der Waals surface area contributed by atoms with Crippen LogP contribution in [0.5, 0.6) is 0 Å². The van der Waals surface area contributed by atoms with Gasteiger partial charge in [0, 0.05) is 25.2 Å². The van der Waals surface area contributed by atoms with Crippen LogP contribution in [0.15, 0.2) is 6.20 Å². The van der Waals surface area contributed by atoms with Crippen molar-refractivity contribution in [2.24, 2.45) is 0 Å². The largest absolute Gasteiger partial charge is 0.477 e. The van der Waals surface area contributed by atoms with Crippen molar-refractivity contribution < 1.29 is 14.7 Å². The number of hydrogen-bond acceptors (Lipinski definition) is 5. The van der Waals surface area contributed by atoms with Crippen molar-refractivity contribution >= 4 is 23.2 Å². The lowest BCUT2D eigenvalue weighted by molar-refractivity contribution is 0.0701. The van der Waals surface area contributed by atoms with E-state index in [9.17, 15) is 9.59 Å². The number of aromatic nitrogens is 3. The summed E-state index contributed by atoms with van der Waals surface area (Å²) < 4.78 is 1.82. The van der Waals surface area contributed by atoms with Crippen molar-refractivity contribution in [2.45, 2.75) is 40.2 Å². The first-order valence-electron chi connectivity index (χ1n) is 7.44. The molecule has 0 atom stereocenters. The van der Waals surface area contributed by atoms with Gasteiger partial charge in [0.25, 0.3) is 5.91 Å². The quantitative estimate of drug-likeness (QED) is 0.806. The summed E-state index contributed by atoms with van der Waals surface area (Å²) in [5.74, 6) is -1.13. The molecule has 2 N–H and O–H groups in total. The van der Waals surface area contributed by atoms with Crippen LogP contribution in [0.25, 0.3) is 0 Å². The number of nitrogens with zero attached hydrogens (tertiary/aromatic N) is 3. The molecule has 0 radical (unpaired) electrons. The van der Waals surface area contributed by atoms with Gasteiger partial charge in [-0.15, -0.1) is 11.3 Å². The van der Waals surface area contributed by atoms with Gasteiger partial charge in [-0.1, -0.05) is 6.92 Å². The van der Waals surface area contributed by atoms with Crippen molar-refractivity contribution in [1.29, 1.82) is 0 Å². The fourth-order valence-electron chi connectivity index (χ4n) is 2.24. The number of thiazole rings is 1. The molecule has 0 unspecified atom stereocenters. The maximum absolute atomic E-state index is 12.2. The molecule has 2 aromatic heterocycles. The molecule has 0 fully saturated rings. The third kappa shape index (κ3) is 3.95. The van der Waals surface area contributed by atoms with Crippen molar-refractivity contribution in [1.82, 2.24) is 20.1 Å². The number of carboxylic acids is 1. The summed E-state index contributed by atoms with van der Waals surface area (Å²) in [5, 5.41) is 16.8. The Kier molecular flexibility index (Phi) is 5.49. The highest BCUT2D eigenvalue weighted by molar-refractivity contribution is 7.13. The van der Waals surface area contributed by atoms with Gasteiger partial charge in [-0.3, -0.25) is 9.48 Å². The van der Waals surface area contributed by atoms with Crippen molar-refractivity contribution in [3.05, 3.63) is 33.0 Å². The van der Waals surface area contributed by atoms with Gasteiger partial charge < -0.3 is 10.4 Å². The predicted octanol–water partition coefficient (Wildman–Crippen LogP) is 2.04. The van der Waals surface area contributed by atoms with E-state index in [0.29, 0.717) is 29.2 Å². The fraction of sp³-hybridized carbons (Fsp3) is 0.467. The topological polar surface area (TPSA) is 97.1 Å². The molecule has 0 aliphatic carbocycles. The zero-order valence-corrected chi connectivity index (χ0v) is 14.2. The molecule has 2 heterocycles. The standard InChI is InChI=1S/C15H20N4O3S/c1-4-7-19-10(3)11(8-17-19)14(20)16-6-5-12-18-9(2)13(23-12)15(21)22/h8H,4-7H2,1-3H3,(H,16,20)(H,21,22). The van der Waals surface area contributed by atoms with Crippen molar-refractivity contribution in [3.63, 3.8) is 0 Å². The van der Waals surface area contributed by atoms with Crippen LogP contribution in [0.1, 0.15) is 49.8 Å². The predicted molar refractivity (Wildman–Crippen MR) is 87.1 cm³/mol. The average Bonchev–Trinajstić information content (AvgIpc) is 3.03. The molecule has 2 rings (SSSR count). The van der Waals surface area contributed by atoms with E-state index < -0.39 is 5.97 Å². The highest BCUT2D eigenvalue weighted by atomic mass is 32.1. The summed E-state index contributed by atoms with van der Waals surface area (Å²) in [6.07, 6.45) is 3.04. The SMILES string of the molecule is CCCn1ncc(C(=O)NCCc2nc(C)c(C(=O)O)s2)c1C. The van der Waals surface area contributed by atoms with E-state index in [1.807, 2.05) is 11.6 Å². The Bertz CT molecular complexity index is 720. The molecule has 7 nitrogen and oxygen atoms in total. The molecule has 0 spiro atoms. The highest BCUT2D eigenvalue weighted by Crippen LogP contribution is 2.18. The Morgan fingerprint density at radius 3 is 2.74 bits per heavy atom. The van der Waals surface area contributed by atoms with Crippen LogP contribution in [-0.2, 0) is 13.0 Å². The fourth-order valence-corrected chi connectivity index (χ4v) is 3.15. The summed E-state index contributed by atoms with van der Waals surface area (Å²) in [5.41, 5.74) is 1.93. The molecule has 2 aromatic rings. The lowest BCUT2D eigenvalue weighted by Crippen LogP contribution is -2.26. The minimum atomic E-state index is -0.964.